The standard InChI is InChI=1S/C6H7O2Se/c7-9(8)6-4-2-1-3-5-6/h1-5,7-8H/q+1. The molecule has 1 aromatic carbocycles. The summed E-state index contributed by atoms with van der Waals surface area (Å²) in [5.74, 6) is 0. The second kappa shape index (κ2) is 2.99. The van der Waals surface area contributed by atoms with Gasteiger partial charge in [0.2, 0.25) is 0 Å². The topological polar surface area (TPSA) is 40.5 Å². The maximum atomic E-state index is 8.70. The van der Waals surface area contributed by atoms with Gasteiger partial charge in [-0.1, -0.05) is 0 Å². The molecule has 3 heteroatoms. The minimum atomic E-state index is -2.41. The van der Waals surface area contributed by atoms with E-state index in [-0.39, 0.29) is 0 Å². The second-order valence-electron chi connectivity index (χ2n) is 1.58. The molecule has 0 radical (unpaired) electrons. The van der Waals surface area contributed by atoms with Crippen LogP contribution in [0, 0.1) is 0 Å². The van der Waals surface area contributed by atoms with Crippen LogP contribution in [-0.2, 0) is 0 Å². The summed E-state index contributed by atoms with van der Waals surface area (Å²) >= 11 is -2.41. The zero-order valence-electron chi connectivity index (χ0n) is 4.69. The van der Waals surface area contributed by atoms with Crippen LogP contribution in [0.5, 0.6) is 0 Å². The fraction of sp³-hybridized carbons (Fsp3) is 0. The van der Waals surface area contributed by atoms with E-state index >= 15 is 0 Å². The van der Waals surface area contributed by atoms with Gasteiger partial charge in [0, 0.05) is 0 Å². The number of hydrogen-bond acceptors (Lipinski definition) is 2. The van der Waals surface area contributed by atoms with Crippen molar-refractivity contribution < 1.29 is 8.38 Å². The van der Waals surface area contributed by atoms with Crippen LogP contribution in [0.1, 0.15) is 0 Å². The quantitative estimate of drug-likeness (QED) is 0.578. The number of rotatable bonds is 1. The van der Waals surface area contributed by atoms with Gasteiger partial charge in [-0.25, -0.2) is 0 Å². The van der Waals surface area contributed by atoms with E-state index in [4.69, 9.17) is 8.38 Å². The molecule has 0 fully saturated rings. The van der Waals surface area contributed by atoms with Crippen molar-refractivity contribution in [3.8, 4) is 0 Å². The van der Waals surface area contributed by atoms with Crippen molar-refractivity contribution in [3.63, 3.8) is 0 Å². The molecule has 0 bridgehead atoms. The van der Waals surface area contributed by atoms with Crippen LogP contribution < -0.4 is 4.46 Å². The van der Waals surface area contributed by atoms with Crippen molar-refractivity contribution in [1.82, 2.24) is 0 Å². The summed E-state index contributed by atoms with van der Waals surface area (Å²) in [6, 6.07) is 8.85. The fourth-order valence-electron chi connectivity index (χ4n) is 0.542. The molecule has 0 saturated heterocycles. The van der Waals surface area contributed by atoms with Crippen LogP contribution in [0.25, 0.3) is 0 Å². The molecule has 0 spiro atoms. The Balaban J connectivity index is 2.85. The first-order valence-corrected chi connectivity index (χ1v) is 4.87. The molecule has 1 aromatic rings. The van der Waals surface area contributed by atoms with E-state index in [1.54, 1.807) is 24.3 Å². The van der Waals surface area contributed by atoms with E-state index in [1.807, 2.05) is 6.07 Å². The normalized spacial score (nSPS) is 10.1. The molecule has 48 valence electrons. The van der Waals surface area contributed by atoms with Gasteiger partial charge < -0.3 is 0 Å². The van der Waals surface area contributed by atoms with E-state index in [9.17, 15) is 0 Å². The molecule has 9 heavy (non-hydrogen) atoms. The Kier molecular flexibility index (Phi) is 2.25. The van der Waals surface area contributed by atoms with Crippen molar-refractivity contribution in [1.29, 1.82) is 0 Å². The molecule has 0 saturated carbocycles. The molecule has 2 nitrogen and oxygen atoms in total. The molecule has 0 aliphatic rings. The first-order chi connectivity index (χ1) is 4.30. The Labute approximate surface area is 58.3 Å². The molecule has 0 aliphatic carbocycles. The molecular formula is C6H7O2Se+. The van der Waals surface area contributed by atoms with Gasteiger partial charge in [-0.2, -0.15) is 0 Å². The summed E-state index contributed by atoms with van der Waals surface area (Å²) in [6.07, 6.45) is 0. The molecule has 0 unspecified atom stereocenters. The van der Waals surface area contributed by atoms with Gasteiger partial charge in [-0.05, 0) is 0 Å². The van der Waals surface area contributed by atoms with Crippen LogP contribution in [0.2, 0.25) is 0 Å². The van der Waals surface area contributed by atoms with Crippen LogP contribution >= 0.6 is 0 Å². The monoisotopic (exact) mass is 191 g/mol. The van der Waals surface area contributed by atoms with Crippen molar-refractivity contribution >= 4 is 19.0 Å². The van der Waals surface area contributed by atoms with Crippen LogP contribution in [-0.4, -0.2) is 22.9 Å². The summed E-state index contributed by atoms with van der Waals surface area (Å²) in [5.41, 5.74) is 0. The minimum absolute atomic E-state index is 0.650. The van der Waals surface area contributed by atoms with Gasteiger partial charge in [0.05, 0.1) is 0 Å². The first-order valence-electron chi connectivity index (χ1n) is 2.48. The molecule has 0 amide bonds. The van der Waals surface area contributed by atoms with E-state index in [0.29, 0.717) is 4.46 Å². The molecule has 0 atom stereocenters. The van der Waals surface area contributed by atoms with Gasteiger partial charge in [0.1, 0.15) is 0 Å². The van der Waals surface area contributed by atoms with E-state index in [0.717, 1.165) is 0 Å². The SMILES string of the molecule is O[Se+](O)c1ccccc1. The molecule has 2 N–H and O–H groups in total. The second-order valence-corrected chi connectivity index (χ2v) is 3.68. The van der Waals surface area contributed by atoms with Crippen molar-refractivity contribution in [2.24, 2.45) is 0 Å². The predicted octanol–water partition coefficient (Wildman–Crippen LogP) is -0.634. The van der Waals surface area contributed by atoms with Crippen LogP contribution in [0.4, 0.5) is 0 Å². The average molecular weight is 190 g/mol. The van der Waals surface area contributed by atoms with Gasteiger partial charge in [0.25, 0.3) is 0 Å². The summed E-state index contributed by atoms with van der Waals surface area (Å²) < 4.78 is 18.1. The van der Waals surface area contributed by atoms with Gasteiger partial charge in [-0.15, -0.1) is 0 Å². The van der Waals surface area contributed by atoms with E-state index < -0.39 is 14.6 Å². The molecule has 0 aliphatic heterocycles. The Morgan fingerprint density at radius 3 is 1.89 bits per heavy atom. The van der Waals surface area contributed by atoms with E-state index in [1.165, 1.54) is 0 Å². The predicted molar refractivity (Wildman–Crippen MR) is 36.3 cm³/mol. The third kappa shape index (κ3) is 1.80. The maximum absolute atomic E-state index is 8.70. The zero-order valence-corrected chi connectivity index (χ0v) is 6.40. The van der Waals surface area contributed by atoms with Gasteiger partial charge >= 0.3 is 57.7 Å². The van der Waals surface area contributed by atoms with Crippen molar-refractivity contribution in [2.45, 2.75) is 0 Å². The summed E-state index contributed by atoms with van der Waals surface area (Å²) in [7, 11) is 0. The average Bonchev–Trinajstić information content (AvgIpc) is 1.90. The van der Waals surface area contributed by atoms with E-state index in [2.05, 4.69) is 0 Å². The molecule has 1 rings (SSSR count). The summed E-state index contributed by atoms with van der Waals surface area (Å²) in [4.78, 5) is 0. The molecule has 0 heterocycles. The number of hydrogen-bond donors (Lipinski definition) is 2. The summed E-state index contributed by atoms with van der Waals surface area (Å²) in [5, 5.41) is 0. The Morgan fingerprint density at radius 2 is 1.56 bits per heavy atom. The third-order valence-corrected chi connectivity index (χ3v) is 2.41. The Morgan fingerprint density at radius 1 is 1.00 bits per heavy atom. The zero-order chi connectivity index (χ0) is 6.69. The third-order valence-electron chi connectivity index (χ3n) is 0.954. The van der Waals surface area contributed by atoms with Gasteiger partial charge in [-0.3, -0.25) is 0 Å². The fourth-order valence-corrected chi connectivity index (χ4v) is 1.38. The van der Waals surface area contributed by atoms with Crippen LogP contribution in [0.3, 0.4) is 0 Å². The Bertz CT molecular complexity index is 174. The van der Waals surface area contributed by atoms with Crippen molar-refractivity contribution in [2.75, 3.05) is 0 Å². The molecule has 0 aromatic heterocycles. The first kappa shape index (κ1) is 6.77. The Hall–Kier alpha value is -0.341. The number of benzene rings is 1. The summed E-state index contributed by atoms with van der Waals surface area (Å²) in [6.45, 7) is 0. The van der Waals surface area contributed by atoms with Crippen molar-refractivity contribution in [3.05, 3.63) is 30.3 Å². The van der Waals surface area contributed by atoms with Gasteiger partial charge in [0.15, 0.2) is 0 Å². The van der Waals surface area contributed by atoms with Crippen LogP contribution in [0.15, 0.2) is 30.3 Å². The molecular weight excluding hydrogens is 183 g/mol.